The molecule has 0 aromatic heterocycles. The molecule has 0 atom stereocenters. The second-order valence-corrected chi connectivity index (χ2v) is 7.07. The zero-order valence-corrected chi connectivity index (χ0v) is 16.5. The molecule has 2 aromatic carbocycles. The van der Waals surface area contributed by atoms with Crippen LogP contribution in [0.4, 0.5) is 18.9 Å². The second-order valence-electron chi connectivity index (χ2n) is 6.22. The standard InChI is InChI=1S/C19H16Cl2F3NO4/c20-12-2-3-15(29-10-19(22,23)24)14(9-12)25-17(26)8-11-6-13(21)18-16(7-11)27-4-1-5-28-18/h2-3,6-7,9H,1,4-5,8,10H2,(H,25,26). The third-order valence-electron chi connectivity index (χ3n) is 3.83. The molecule has 10 heteroatoms. The fourth-order valence-corrected chi connectivity index (χ4v) is 3.11. The van der Waals surface area contributed by atoms with E-state index in [0.717, 1.165) is 0 Å². The van der Waals surface area contributed by atoms with Crippen LogP contribution < -0.4 is 19.5 Å². The Kier molecular flexibility index (Phi) is 6.64. The van der Waals surface area contributed by atoms with Gasteiger partial charge >= 0.3 is 6.18 Å². The number of amides is 1. The maximum atomic E-state index is 12.4. The Bertz CT molecular complexity index is 906. The van der Waals surface area contributed by atoms with Gasteiger partial charge in [-0.15, -0.1) is 0 Å². The quantitative estimate of drug-likeness (QED) is 0.674. The molecule has 1 aliphatic heterocycles. The molecule has 0 spiro atoms. The summed E-state index contributed by atoms with van der Waals surface area (Å²) in [5.41, 5.74) is 0.587. The highest BCUT2D eigenvalue weighted by Gasteiger charge is 2.29. The first-order chi connectivity index (χ1) is 13.7. The van der Waals surface area contributed by atoms with Crippen molar-refractivity contribution in [2.45, 2.75) is 19.0 Å². The second kappa shape index (κ2) is 9.00. The molecule has 0 radical (unpaired) electrons. The maximum absolute atomic E-state index is 12.4. The fourth-order valence-electron chi connectivity index (χ4n) is 2.65. The molecule has 0 fully saturated rings. The number of benzene rings is 2. The predicted molar refractivity (Wildman–Crippen MR) is 102 cm³/mol. The largest absolute Gasteiger partial charge is 0.489 e. The number of anilines is 1. The minimum Gasteiger partial charge on any atom is -0.489 e. The van der Waals surface area contributed by atoms with Gasteiger partial charge in [0.1, 0.15) is 5.75 Å². The third-order valence-corrected chi connectivity index (χ3v) is 4.35. The van der Waals surface area contributed by atoms with Crippen molar-refractivity contribution in [3.8, 4) is 17.2 Å². The van der Waals surface area contributed by atoms with Crippen LogP contribution in [-0.2, 0) is 11.2 Å². The van der Waals surface area contributed by atoms with Crippen LogP contribution in [0.5, 0.6) is 17.2 Å². The Balaban J connectivity index is 1.73. The number of rotatable bonds is 5. The van der Waals surface area contributed by atoms with Crippen LogP contribution in [0, 0.1) is 0 Å². The van der Waals surface area contributed by atoms with Gasteiger partial charge in [-0.05, 0) is 35.9 Å². The molecule has 0 saturated heterocycles. The van der Waals surface area contributed by atoms with E-state index in [1.54, 1.807) is 12.1 Å². The lowest BCUT2D eigenvalue weighted by atomic mass is 10.1. The molecule has 0 saturated carbocycles. The van der Waals surface area contributed by atoms with Crippen LogP contribution in [0.2, 0.25) is 10.0 Å². The first-order valence-electron chi connectivity index (χ1n) is 8.58. The number of halogens is 5. The van der Waals surface area contributed by atoms with Gasteiger partial charge < -0.3 is 19.5 Å². The summed E-state index contributed by atoms with van der Waals surface area (Å²) in [5.74, 6) is 0.229. The summed E-state index contributed by atoms with van der Waals surface area (Å²) in [5, 5.41) is 3.06. The van der Waals surface area contributed by atoms with Gasteiger partial charge in [-0.2, -0.15) is 13.2 Å². The van der Waals surface area contributed by atoms with Gasteiger partial charge in [0.15, 0.2) is 18.1 Å². The van der Waals surface area contributed by atoms with E-state index in [-0.39, 0.29) is 22.9 Å². The molecule has 2 aromatic rings. The van der Waals surface area contributed by atoms with E-state index in [2.05, 4.69) is 5.32 Å². The van der Waals surface area contributed by atoms with Gasteiger partial charge in [-0.3, -0.25) is 4.79 Å². The van der Waals surface area contributed by atoms with Gasteiger partial charge in [0.05, 0.1) is 30.3 Å². The first kappa shape index (κ1) is 21.4. The van der Waals surface area contributed by atoms with Crippen LogP contribution in [0.1, 0.15) is 12.0 Å². The van der Waals surface area contributed by atoms with Crippen molar-refractivity contribution in [1.29, 1.82) is 0 Å². The van der Waals surface area contributed by atoms with E-state index in [4.69, 9.17) is 37.4 Å². The number of nitrogens with one attached hydrogen (secondary N) is 1. The smallest absolute Gasteiger partial charge is 0.422 e. The van der Waals surface area contributed by atoms with Crippen LogP contribution in [0.3, 0.4) is 0 Å². The molecule has 5 nitrogen and oxygen atoms in total. The van der Waals surface area contributed by atoms with Crippen molar-refractivity contribution in [3.05, 3.63) is 45.9 Å². The molecular weight excluding hydrogens is 434 g/mol. The van der Waals surface area contributed by atoms with Crippen LogP contribution in [0.15, 0.2) is 30.3 Å². The Morgan fingerprint density at radius 3 is 2.66 bits per heavy atom. The van der Waals surface area contributed by atoms with Crippen LogP contribution in [0.25, 0.3) is 0 Å². The van der Waals surface area contributed by atoms with Crippen LogP contribution in [-0.4, -0.2) is 31.9 Å². The average Bonchev–Trinajstić information content (AvgIpc) is 2.86. The van der Waals surface area contributed by atoms with E-state index < -0.39 is 18.7 Å². The molecule has 1 amide bonds. The van der Waals surface area contributed by atoms with Gasteiger partial charge in [-0.1, -0.05) is 23.2 Å². The fraction of sp³-hybridized carbons (Fsp3) is 0.316. The number of carbonyl (C=O) groups excluding carboxylic acids is 1. The average molecular weight is 450 g/mol. The normalized spacial score (nSPS) is 13.6. The van der Waals surface area contributed by atoms with Crippen molar-refractivity contribution >= 4 is 34.8 Å². The lowest BCUT2D eigenvalue weighted by Gasteiger charge is -2.15. The van der Waals surface area contributed by atoms with Crippen molar-refractivity contribution < 1.29 is 32.2 Å². The number of alkyl halides is 3. The molecule has 1 N–H and O–H groups in total. The minimum atomic E-state index is -4.51. The molecule has 0 unspecified atom stereocenters. The summed E-state index contributed by atoms with van der Waals surface area (Å²) in [4.78, 5) is 12.4. The molecule has 1 heterocycles. The van der Waals surface area contributed by atoms with Crippen molar-refractivity contribution in [1.82, 2.24) is 0 Å². The molecule has 29 heavy (non-hydrogen) atoms. The van der Waals surface area contributed by atoms with E-state index in [9.17, 15) is 18.0 Å². The number of hydrogen-bond acceptors (Lipinski definition) is 4. The molecule has 3 rings (SSSR count). The van der Waals surface area contributed by atoms with E-state index in [1.165, 1.54) is 18.2 Å². The zero-order chi connectivity index (χ0) is 21.0. The molecule has 1 aliphatic rings. The van der Waals surface area contributed by atoms with E-state index >= 15 is 0 Å². The SMILES string of the molecule is O=C(Cc1cc(Cl)c2c(c1)OCCCO2)Nc1cc(Cl)ccc1OCC(F)(F)F. The monoisotopic (exact) mass is 449 g/mol. The minimum absolute atomic E-state index is 0.0344. The highest BCUT2D eigenvalue weighted by atomic mass is 35.5. The Hall–Kier alpha value is -2.32. The molecular formula is C19H16Cl2F3NO4. The van der Waals surface area contributed by atoms with E-state index in [0.29, 0.717) is 41.7 Å². The number of fused-ring (bicyclic) bond motifs is 1. The third kappa shape index (κ3) is 6.08. The van der Waals surface area contributed by atoms with Gasteiger partial charge in [-0.25, -0.2) is 0 Å². The molecule has 0 aliphatic carbocycles. The Morgan fingerprint density at radius 2 is 1.90 bits per heavy atom. The summed E-state index contributed by atoms with van der Waals surface area (Å²) in [6, 6.07) is 7.16. The van der Waals surface area contributed by atoms with Crippen molar-refractivity contribution in [2.24, 2.45) is 0 Å². The lowest BCUT2D eigenvalue weighted by molar-refractivity contribution is -0.153. The highest BCUT2D eigenvalue weighted by molar-refractivity contribution is 6.32. The van der Waals surface area contributed by atoms with E-state index in [1.807, 2.05) is 0 Å². The molecule has 156 valence electrons. The lowest BCUT2D eigenvalue weighted by Crippen LogP contribution is -2.20. The summed E-state index contributed by atoms with van der Waals surface area (Å²) in [7, 11) is 0. The first-order valence-corrected chi connectivity index (χ1v) is 9.34. The zero-order valence-electron chi connectivity index (χ0n) is 14.9. The predicted octanol–water partition coefficient (Wildman–Crippen LogP) is 5.28. The Morgan fingerprint density at radius 1 is 1.14 bits per heavy atom. The number of ether oxygens (including phenoxy) is 3. The molecule has 0 bridgehead atoms. The van der Waals surface area contributed by atoms with Gasteiger partial charge in [0.2, 0.25) is 5.91 Å². The Labute approximate surface area is 174 Å². The van der Waals surface area contributed by atoms with Gasteiger partial charge in [0, 0.05) is 11.4 Å². The van der Waals surface area contributed by atoms with Gasteiger partial charge in [0.25, 0.3) is 0 Å². The van der Waals surface area contributed by atoms with Crippen LogP contribution >= 0.6 is 23.2 Å². The van der Waals surface area contributed by atoms with Crippen molar-refractivity contribution in [2.75, 3.05) is 25.1 Å². The number of carbonyl (C=O) groups is 1. The highest BCUT2D eigenvalue weighted by Crippen LogP contribution is 2.38. The maximum Gasteiger partial charge on any atom is 0.422 e. The summed E-state index contributed by atoms with van der Waals surface area (Å²) < 4.78 is 53.2. The topological polar surface area (TPSA) is 56.8 Å². The summed E-state index contributed by atoms with van der Waals surface area (Å²) in [6.45, 7) is -0.557. The summed E-state index contributed by atoms with van der Waals surface area (Å²) in [6.07, 6.45) is -3.90. The van der Waals surface area contributed by atoms with Crippen molar-refractivity contribution in [3.63, 3.8) is 0 Å². The summed E-state index contributed by atoms with van der Waals surface area (Å²) >= 11 is 12.1. The number of hydrogen-bond donors (Lipinski definition) is 1.